The van der Waals surface area contributed by atoms with Crippen LogP contribution in [0.5, 0.6) is 0 Å². The van der Waals surface area contributed by atoms with Gasteiger partial charge in [0.05, 0.1) is 17.0 Å². The van der Waals surface area contributed by atoms with Gasteiger partial charge in [0.1, 0.15) is 0 Å². The van der Waals surface area contributed by atoms with Crippen LogP contribution in [0.15, 0.2) is 24.3 Å². The number of unbranched alkanes of at least 4 members (excludes halogenated alkanes) is 4. The molecule has 1 heterocycles. The van der Waals surface area contributed by atoms with Crippen molar-refractivity contribution in [3.05, 3.63) is 35.4 Å². The smallest absolute Gasteiger partial charge is 0.313 e. The van der Waals surface area contributed by atoms with E-state index in [2.05, 4.69) is 48.5 Å². The summed E-state index contributed by atoms with van der Waals surface area (Å²) < 4.78 is 10.4. The van der Waals surface area contributed by atoms with Crippen molar-refractivity contribution in [2.45, 2.75) is 114 Å². The van der Waals surface area contributed by atoms with Crippen LogP contribution in [0.25, 0.3) is 0 Å². The lowest BCUT2D eigenvalue weighted by Crippen LogP contribution is -2.33. The number of rotatable bonds is 9. The first-order valence-corrected chi connectivity index (χ1v) is 14.2. The number of benzene rings is 1. The minimum atomic E-state index is -0.761. The van der Waals surface area contributed by atoms with E-state index in [1.807, 2.05) is 20.8 Å². The van der Waals surface area contributed by atoms with Crippen molar-refractivity contribution in [1.82, 2.24) is 5.06 Å². The zero-order valence-electron chi connectivity index (χ0n) is 24.3. The van der Waals surface area contributed by atoms with Crippen LogP contribution >= 0.6 is 9.03 Å². The number of amides is 2. The standard InChI is InChI=1S/C19H26NO5P.2C5H12/c1-18(2,3)11-14(19(4,5)6)17(23)24-26-25-20-15(21)12-9-7-8-10-13(12)16(20)22;2*1-3-5-4-2/h7-10,14,26H,11H2,1-6H3;2*3-5H2,1-2H3. The van der Waals surface area contributed by atoms with Gasteiger partial charge in [-0.15, -0.1) is 5.06 Å². The fourth-order valence-corrected chi connectivity index (χ4v) is 3.98. The average molecular weight is 524 g/mol. The molecule has 0 radical (unpaired) electrons. The number of hydrogen-bond acceptors (Lipinski definition) is 5. The SMILES string of the molecule is CC(C)(C)CC(C(=O)OPON1C(=O)c2ccccc2C1=O)C(C)(C)C.CCCCC.CCCCC. The highest BCUT2D eigenvalue weighted by Gasteiger charge is 2.38. The van der Waals surface area contributed by atoms with Gasteiger partial charge in [0.15, 0.2) is 0 Å². The molecule has 2 unspecified atom stereocenters. The Labute approximate surface area is 221 Å². The van der Waals surface area contributed by atoms with Crippen LogP contribution in [-0.4, -0.2) is 22.8 Å². The second kappa shape index (κ2) is 16.9. The summed E-state index contributed by atoms with van der Waals surface area (Å²) in [5, 5.41) is 0.659. The molecule has 0 aliphatic carbocycles. The Morgan fingerprint density at radius 1 is 0.833 bits per heavy atom. The van der Waals surface area contributed by atoms with Crippen molar-refractivity contribution in [3.63, 3.8) is 0 Å². The zero-order valence-corrected chi connectivity index (χ0v) is 25.3. The number of nitrogens with zero attached hydrogens (tertiary/aromatic N) is 1. The maximum Gasteiger partial charge on any atom is 0.313 e. The summed E-state index contributed by atoms with van der Waals surface area (Å²) in [6.45, 7) is 21.0. The van der Waals surface area contributed by atoms with E-state index in [0.717, 1.165) is 0 Å². The van der Waals surface area contributed by atoms with Gasteiger partial charge in [-0.2, -0.15) is 0 Å². The van der Waals surface area contributed by atoms with Crippen LogP contribution in [-0.2, 0) is 13.9 Å². The molecule has 36 heavy (non-hydrogen) atoms. The molecular weight excluding hydrogens is 473 g/mol. The van der Waals surface area contributed by atoms with Gasteiger partial charge in [0.25, 0.3) is 11.8 Å². The number of hydroxylamine groups is 2. The van der Waals surface area contributed by atoms with E-state index in [1.165, 1.54) is 38.5 Å². The third-order valence-corrected chi connectivity index (χ3v) is 6.13. The molecule has 2 amide bonds. The van der Waals surface area contributed by atoms with Gasteiger partial charge in [-0.3, -0.25) is 14.4 Å². The van der Waals surface area contributed by atoms with E-state index in [0.29, 0.717) is 11.5 Å². The summed E-state index contributed by atoms with van der Waals surface area (Å²) >= 11 is 0. The van der Waals surface area contributed by atoms with Crippen LogP contribution < -0.4 is 0 Å². The Kier molecular flexibility index (Phi) is 16.0. The minimum absolute atomic E-state index is 0.0382. The third kappa shape index (κ3) is 12.5. The van der Waals surface area contributed by atoms with E-state index in [1.54, 1.807) is 24.3 Å². The number of imide groups is 1. The van der Waals surface area contributed by atoms with Crippen molar-refractivity contribution in [2.24, 2.45) is 16.7 Å². The van der Waals surface area contributed by atoms with Crippen molar-refractivity contribution in [1.29, 1.82) is 0 Å². The van der Waals surface area contributed by atoms with Crippen molar-refractivity contribution in [3.8, 4) is 0 Å². The van der Waals surface area contributed by atoms with Gasteiger partial charge in [-0.05, 0) is 29.4 Å². The monoisotopic (exact) mass is 523 g/mol. The molecule has 0 spiro atoms. The first-order valence-electron chi connectivity index (χ1n) is 13.3. The van der Waals surface area contributed by atoms with Gasteiger partial charge in [-0.25, -0.2) is 4.62 Å². The van der Waals surface area contributed by atoms with Gasteiger partial charge < -0.3 is 4.52 Å². The summed E-state index contributed by atoms with van der Waals surface area (Å²) in [6.07, 6.45) is 8.81. The maximum absolute atomic E-state index is 12.5. The summed E-state index contributed by atoms with van der Waals surface area (Å²) in [7, 11) is -0.761. The molecule has 1 aromatic rings. The largest absolute Gasteiger partial charge is 0.417 e. The van der Waals surface area contributed by atoms with E-state index in [9.17, 15) is 14.4 Å². The number of fused-ring (bicyclic) bond motifs is 1. The topological polar surface area (TPSA) is 72.9 Å². The third-order valence-electron chi connectivity index (χ3n) is 5.59. The molecule has 0 bridgehead atoms. The maximum atomic E-state index is 12.5. The molecule has 6 nitrogen and oxygen atoms in total. The zero-order chi connectivity index (χ0) is 27.9. The van der Waals surface area contributed by atoms with Gasteiger partial charge >= 0.3 is 5.97 Å². The molecule has 1 aliphatic rings. The first kappa shape index (κ1) is 34.2. The van der Waals surface area contributed by atoms with Crippen LogP contribution in [0.4, 0.5) is 0 Å². The predicted molar refractivity (Wildman–Crippen MR) is 150 cm³/mol. The van der Waals surface area contributed by atoms with Crippen LogP contribution in [0.2, 0.25) is 0 Å². The molecule has 1 aliphatic heterocycles. The summed E-state index contributed by atoms with van der Waals surface area (Å²) in [5.41, 5.74) is 0.260. The van der Waals surface area contributed by atoms with Crippen LogP contribution in [0.3, 0.4) is 0 Å². The molecule has 2 rings (SSSR count). The highest BCUT2D eigenvalue weighted by molar-refractivity contribution is 7.27. The molecule has 1 aromatic carbocycles. The van der Waals surface area contributed by atoms with Crippen LogP contribution in [0.1, 0.15) is 135 Å². The number of hydrogen-bond donors (Lipinski definition) is 0. The van der Waals surface area contributed by atoms with E-state index < -0.39 is 20.8 Å². The second-order valence-corrected chi connectivity index (χ2v) is 12.0. The fraction of sp³-hybridized carbons (Fsp3) is 0.690. The Morgan fingerprint density at radius 3 is 1.56 bits per heavy atom. The Bertz CT molecular complexity index is 766. The minimum Gasteiger partial charge on any atom is -0.417 e. The molecule has 0 saturated carbocycles. The fourth-order valence-electron chi connectivity index (χ4n) is 3.48. The number of carbonyl (C=O) groups is 3. The lowest BCUT2D eigenvalue weighted by atomic mass is 9.72. The van der Waals surface area contributed by atoms with Gasteiger partial charge in [0, 0.05) is 0 Å². The molecular formula is C29H50NO5P. The molecule has 2 atom stereocenters. The Hall–Kier alpha value is -1.78. The number of carbonyl (C=O) groups excluding carboxylic acids is 3. The van der Waals surface area contributed by atoms with Crippen molar-refractivity contribution >= 4 is 26.8 Å². The first-order chi connectivity index (χ1) is 16.7. The average Bonchev–Trinajstić information content (AvgIpc) is 3.03. The van der Waals surface area contributed by atoms with Crippen molar-refractivity contribution < 1.29 is 23.5 Å². The second-order valence-electron chi connectivity index (χ2n) is 11.4. The van der Waals surface area contributed by atoms with Crippen molar-refractivity contribution in [2.75, 3.05) is 0 Å². The highest BCUT2D eigenvalue weighted by atomic mass is 31.1. The summed E-state index contributed by atoms with van der Waals surface area (Å²) in [6, 6.07) is 6.48. The molecule has 206 valence electrons. The molecule has 0 aromatic heterocycles. The van der Waals surface area contributed by atoms with E-state index in [-0.39, 0.29) is 33.8 Å². The normalized spacial score (nSPS) is 14.1. The molecule has 0 saturated heterocycles. The quantitative estimate of drug-likeness (QED) is 0.239. The summed E-state index contributed by atoms with van der Waals surface area (Å²) in [4.78, 5) is 37.0. The van der Waals surface area contributed by atoms with E-state index >= 15 is 0 Å². The Balaban J connectivity index is 0.00000104. The molecule has 0 fully saturated rings. The van der Waals surface area contributed by atoms with Gasteiger partial charge in [0.2, 0.25) is 9.03 Å². The highest BCUT2D eigenvalue weighted by Crippen LogP contribution is 2.38. The lowest BCUT2D eigenvalue weighted by Gasteiger charge is -2.33. The van der Waals surface area contributed by atoms with Crippen LogP contribution in [0, 0.1) is 16.7 Å². The lowest BCUT2D eigenvalue weighted by molar-refractivity contribution is -0.144. The summed E-state index contributed by atoms with van der Waals surface area (Å²) in [5.74, 6) is -1.80. The molecule has 0 N–H and O–H groups in total. The molecule has 7 heteroatoms. The van der Waals surface area contributed by atoms with Gasteiger partial charge in [-0.1, -0.05) is 120 Å². The van der Waals surface area contributed by atoms with E-state index in [4.69, 9.17) is 9.15 Å². The predicted octanol–water partition coefficient (Wildman–Crippen LogP) is 8.76. The Morgan fingerprint density at radius 2 is 1.25 bits per heavy atom.